The van der Waals surface area contributed by atoms with Gasteiger partial charge in [-0.25, -0.2) is 0 Å². The van der Waals surface area contributed by atoms with Gasteiger partial charge >= 0.3 is 20.4 Å². The van der Waals surface area contributed by atoms with Crippen molar-refractivity contribution in [3.8, 4) is 0 Å². The number of aliphatic hydroxyl groups is 2. The van der Waals surface area contributed by atoms with Gasteiger partial charge in [0.1, 0.15) is 0 Å². The molecule has 2 rings (SSSR count). The monoisotopic (exact) mass is 905 g/mol. The first-order chi connectivity index (χ1) is 26.4. The van der Waals surface area contributed by atoms with Crippen LogP contribution in [-0.4, -0.2) is 91.5 Å². The molecule has 5 atom stereocenters. The van der Waals surface area contributed by atoms with Crippen LogP contribution in [0.2, 0.25) is 70.5 Å². The molecule has 5 unspecified atom stereocenters. The van der Waals surface area contributed by atoms with E-state index < -0.39 is 33.3 Å². The molecule has 0 saturated heterocycles. The molecule has 0 aromatic heterocycles. The first-order valence-corrected chi connectivity index (χ1v) is 35.9. The predicted molar refractivity (Wildman–Crippen MR) is 272 cm³/mol. The quantitative estimate of drug-likeness (QED) is 0.0327. The van der Waals surface area contributed by atoms with Gasteiger partial charge < -0.3 is 18.4 Å². The molecule has 0 heterocycles. The van der Waals surface area contributed by atoms with E-state index in [9.17, 15) is 5.11 Å². The first kappa shape index (κ1) is 61.3. The molecule has 5 nitrogen and oxygen atoms in total. The van der Waals surface area contributed by atoms with Gasteiger partial charge in [0.2, 0.25) is 8.32 Å². The Morgan fingerprint density at radius 1 is 0.737 bits per heavy atom. The van der Waals surface area contributed by atoms with Crippen molar-refractivity contribution in [2.24, 2.45) is 0 Å². The molecule has 0 aliphatic heterocycles. The van der Waals surface area contributed by atoms with Gasteiger partial charge in [0.05, 0.1) is 5.44 Å². The maximum atomic E-state index is 10.3. The van der Waals surface area contributed by atoms with E-state index in [1.165, 1.54) is 42.9 Å². The third-order valence-corrected chi connectivity index (χ3v) is 24.7. The minimum absolute atomic E-state index is 0. The van der Waals surface area contributed by atoms with Crippen molar-refractivity contribution < 1.29 is 18.4 Å². The van der Waals surface area contributed by atoms with E-state index in [-0.39, 0.29) is 13.8 Å². The molecular formula is C44H85AlBNO4S2Si4. The molecule has 0 saturated carbocycles. The number of benzene rings is 2. The Morgan fingerprint density at radius 3 is 1.61 bits per heavy atom. The zero-order valence-corrected chi connectivity index (χ0v) is 45.2. The van der Waals surface area contributed by atoms with Crippen molar-refractivity contribution in [2.75, 3.05) is 18.1 Å². The predicted octanol–water partition coefficient (Wildman–Crippen LogP) is 13.6. The molecule has 0 bridgehead atoms. The van der Waals surface area contributed by atoms with Crippen LogP contribution in [0.25, 0.3) is 0 Å². The minimum atomic E-state index is -1.83. The van der Waals surface area contributed by atoms with Crippen LogP contribution in [0.3, 0.4) is 0 Å². The van der Waals surface area contributed by atoms with Gasteiger partial charge in [0.15, 0.2) is 25.0 Å². The second kappa shape index (κ2) is 35.6. The summed E-state index contributed by atoms with van der Waals surface area (Å²) in [6, 6.07) is 25.2. The molecule has 0 fully saturated rings. The van der Waals surface area contributed by atoms with Crippen LogP contribution in [0.5, 0.6) is 0 Å². The normalized spacial score (nSPS) is 14.9. The molecule has 57 heavy (non-hydrogen) atoms. The third-order valence-electron chi connectivity index (χ3n) is 9.44. The summed E-state index contributed by atoms with van der Waals surface area (Å²) in [5.41, 5.74) is 4.80. The summed E-state index contributed by atoms with van der Waals surface area (Å²) in [7, 11) is -6.72. The van der Waals surface area contributed by atoms with Crippen LogP contribution in [0, 0.1) is 4.35 Å². The van der Waals surface area contributed by atoms with Crippen molar-refractivity contribution in [3.63, 3.8) is 0 Å². The fraction of sp³-hybridized carbons (Fsp3) is 0.682. The Labute approximate surface area is 377 Å². The molecule has 3 N–H and O–H groups in total. The van der Waals surface area contributed by atoms with Crippen molar-refractivity contribution in [2.45, 2.75) is 173 Å². The molecule has 0 aliphatic rings. The van der Waals surface area contributed by atoms with Crippen LogP contribution in [0.1, 0.15) is 108 Å². The molecule has 13 heteroatoms. The Kier molecular flexibility index (Phi) is 38.2. The van der Waals surface area contributed by atoms with Crippen LogP contribution < -0.4 is 0 Å². The van der Waals surface area contributed by atoms with Crippen molar-refractivity contribution >= 4 is 82.2 Å². The van der Waals surface area contributed by atoms with E-state index in [1.54, 1.807) is 27.9 Å². The van der Waals surface area contributed by atoms with Crippen LogP contribution >= 0.6 is 24.4 Å². The molecule has 2 aromatic carbocycles. The average Bonchev–Trinajstić information content (AvgIpc) is 3.15. The molecule has 324 valence electrons. The van der Waals surface area contributed by atoms with E-state index in [0.717, 1.165) is 62.1 Å². The molecular weight excluding hydrogens is 821 g/mol. The van der Waals surface area contributed by atoms with Gasteiger partial charge in [-0.2, -0.15) is 12.6 Å². The molecule has 0 aliphatic carbocycles. The molecule has 0 spiro atoms. The molecule has 0 amide bonds. The van der Waals surface area contributed by atoms with Crippen LogP contribution in [0.4, 0.5) is 0 Å². The number of hydrogen-bond donors (Lipinski definition) is 4. The second-order valence-electron chi connectivity index (χ2n) is 17.3. The summed E-state index contributed by atoms with van der Waals surface area (Å²) in [5, 5.41) is 18.6. The Hall–Kier alpha value is -0.0151. The van der Waals surface area contributed by atoms with Crippen molar-refractivity contribution in [1.29, 1.82) is 4.35 Å². The summed E-state index contributed by atoms with van der Waals surface area (Å²) in [4.78, 5) is 0. The number of thioether (sulfide) groups is 1. The topological polar surface area (TPSA) is 82.8 Å². The number of thiol groups is 1. The summed E-state index contributed by atoms with van der Waals surface area (Å²) in [6.07, 6.45) is 11.3. The van der Waals surface area contributed by atoms with E-state index in [0.29, 0.717) is 18.4 Å². The van der Waals surface area contributed by atoms with Gasteiger partial charge in [-0.05, 0) is 137 Å². The van der Waals surface area contributed by atoms with E-state index >= 15 is 0 Å². The summed E-state index contributed by atoms with van der Waals surface area (Å²) in [6.45, 7) is 29.7. The van der Waals surface area contributed by atoms with Gasteiger partial charge in [-0.15, -0.1) is 18.3 Å². The van der Waals surface area contributed by atoms with Gasteiger partial charge in [-0.1, -0.05) is 119 Å². The third kappa shape index (κ3) is 33.3. The van der Waals surface area contributed by atoms with E-state index in [1.807, 2.05) is 0 Å². The fourth-order valence-corrected chi connectivity index (χ4v) is 26.3. The van der Waals surface area contributed by atoms with Gasteiger partial charge in [0, 0.05) is 15.0 Å². The number of nitrogens with one attached hydrogen (secondary N) is 1. The number of rotatable bonds is 26. The maximum absolute atomic E-state index is 10.3. The number of hydrogen-bond acceptors (Lipinski definition) is 7. The standard InChI is InChI=1S/C22H42O2SSi2.C16H28OSi2.C6H14OS.Al.B.HN/c1-7-9-11-16-22(23)25-17-18-27(6,24-26(3,4)5)19-20(8-2)21-14-12-10-13-15-21;1-7-15(16-12-10-9-11-13-16)14-19(6,8-2)17-18(3,4)5;7-5-3-1-2-4-6-8;;;/h10,12-15,20,22-23H,7-9,11,16-19H2,1-6H3;8-13,15H,2,7,14H2,1,3-6H3;7-8H,1-6H2;;;1H. The Balaban J connectivity index is -0.000000843. The first-order valence-electron chi connectivity index (χ1n) is 21.3. The van der Waals surface area contributed by atoms with Crippen LogP contribution in [-0.2, 0) is 8.23 Å². The van der Waals surface area contributed by atoms with Gasteiger partial charge in [0.25, 0.3) is 0 Å². The fourth-order valence-electron chi connectivity index (χ4n) is 6.90. The van der Waals surface area contributed by atoms with Gasteiger partial charge in [-0.3, -0.25) is 0 Å². The zero-order chi connectivity index (χ0) is 43.1. The SMILES string of the molecule is C=C[Si](C)(CC(CC)c1ccccc1)O[Si](C)(C)C.CCCCCC(O)SCC[Si](C)(CC(CC)c1ccccc1)O[Si](C)(C)C.OCCCCCCS.[B].[NH]=[Al]. The zero-order valence-electron chi connectivity index (χ0n) is 38.3. The summed E-state index contributed by atoms with van der Waals surface area (Å²) >= 11 is 7.46. The van der Waals surface area contributed by atoms with Crippen molar-refractivity contribution in [3.05, 3.63) is 84.1 Å². The average molecular weight is 906 g/mol. The van der Waals surface area contributed by atoms with E-state index in [4.69, 9.17) is 17.7 Å². The summed E-state index contributed by atoms with van der Waals surface area (Å²) < 4.78 is 19.0. The van der Waals surface area contributed by atoms with Crippen LogP contribution in [0.15, 0.2) is 72.9 Å². The Bertz CT molecular complexity index is 1210. The molecule has 4 radical (unpaired) electrons. The molecule has 2 aromatic rings. The number of aliphatic hydroxyl groups excluding tert-OH is 2. The number of unbranched alkanes of at least 4 members (excludes halogenated alkanes) is 5. The Morgan fingerprint density at radius 2 is 1.21 bits per heavy atom. The second-order valence-corrected chi connectivity index (χ2v) is 36.3. The summed E-state index contributed by atoms with van der Waals surface area (Å²) in [5.74, 6) is 3.17. The van der Waals surface area contributed by atoms with E-state index in [2.05, 4.69) is 159 Å². The van der Waals surface area contributed by atoms with Crippen molar-refractivity contribution in [1.82, 2.24) is 0 Å².